The number of carbonyl (C=O) groups excluding carboxylic acids is 1. The Balaban J connectivity index is 3.14. The second-order valence-electron chi connectivity index (χ2n) is 3.10. The van der Waals surface area contributed by atoms with Crippen LogP contribution in [0.15, 0.2) is 18.3 Å². The van der Waals surface area contributed by atoms with Crippen molar-refractivity contribution in [2.45, 2.75) is 6.92 Å². The van der Waals surface area contributed by atoms with E-state index in [-0.39, 0.29) is 18.9 Å². The Morgan fingerprint density at radius 1 is 1.44 bits per heavy atom. The van der Waals surface area contributed by atoms with Crippen LogP contribution in [0.5, 0.6) is 0 Å². The molecule has 0 fully saturated rings. The molecule has 1 rings (SSSR count). The fourth-order valence-electron chi connectivity index (χ4n) is 1.30. The Hall–Kier alpha value is -2.40. The lowest BCUT2D eigenvalue weighted by Crippen LogP contribution is -2.26. The van der Waals surface area contributed by atoms with E-state index in [9.17, 15) is 4.79 Å². The number of carbonyl (C=O) groups is 1. The molecule has 5 heteroatoms. The smallest absolute Gasteiger partial charge is 0.163 e. The van der Waals surface area contributed by atoms with Gasteiger partial charge in [0.2, 0.25) is 0 Å². The van der Waals surface area contributed by atoms with Crippen LogP contribution < -0.4 is 4.90 Å². The highest BCUT2D eigenvalue weighted by molar-refractivity contribution is 5.98. The molecule has 0 unspecified atom stereocenters. The van der Waals surface area contributed by atoms with Crippen LogP contribution >= 0.6 is 0 Å². The first-order chi connectivity index (χ1) is 7.70. The Morgan fingerprint density at radius 2 is 2.06 bits per heavy atom. The number of aromatic nitrogens is 1. The molecule has 1 aromatic heterocycles. The SMILES string of the molecule is CC(=O)c1cccnc1N(CC#N)CC#N. The first kappa shape index (κ1) is 11.7. The summed E-state index contributed by atoms with van der Waals surface area (Å²) in [7, 11) is 0. The minimum atomic E-state index is -0.135. The van der Waals surface area contributed by atoms with Crippen molar-refractivity contribution < 1.29 is 4.79 Å². The summed E-state index contributed by atoms with van der Waals surface area (Å²) in [5.74, 6) is 0.252. The molecule has 0 spiro atoms. The van der Waals surface area contributed by atoms with Crippen molar-refractivity contribution in [3.05, 3.63) is 23.9 Å². The van der Waals surface area contributed by atoms with Crippen LogP contribution in [0.4, 0.5) is 5.82 Å². The standard InChI is InChI=1S/C11H10N4O/c1-9(16)10-3-2-6-14-11(10)15(7-4-12)8-5-13/h2-3,6H,7-8H2,1H3. The quantitative estimate of drug-likeness (QED) is 0.554. The van der Waals surface area contributed by atoms with Crippen LogP contribution in [0.3, 0.4) is 0 Å². The van der Waals surface area contributed by atoms with E-state index >= 15 is 0 Å². The predicted octanol–water partition coefficient (Wildman–Crippen LogP) is 1.14. The molecule has 0 radical (unpaired) electrons. The lowest BCUT2D eigenvalue weighted by atomic mass is 10.2. The van der Waals surface area contributed by atoms with E-state index in [0.717, 1.165) is 0 Å². The molecule has 0 saturated carbocycles. The van der Waals surface area contributed by atoms with Gasteiger partial charge in [-0.2, -0.15) is 10.5 Å². The van der Waals surface area contributed by atoms with Crippen molar-refractivity contribution in [2.24, 2.45) is 0 Å². The average molecular weight is 214 g/mol. The van der Waals surface area contributed by atoms with Gasteiger partial charge in [-0.05, 0) is 19.1 Å². The van der Waals surface area contributed by atoms with Gasteiger partial charge in [-0.25, -0.2) is 4.98 Å². The number of ketones is 1. The van der Waals surface area contributed by atoms with E-state index in [2.05, 4.69) is 4.98 Å². The van der Waals surface area contributed by atoms with Crippen LogP contribution in [-0.4, -0.2) is 23.9 Å². The van der Waals surface area contributed by atoms with E-state index in [1.807, 2.05) is 12.1 Å². The van der Waals surface area contributed by atoms with Gasteiger partial charge >= 0.3 is 0 Å². The molecule has 0 amide bonds. The predicted molar refractivity (Wildman–Crippen MR) is 57.7 cm³/mol. The summed E-state index contributed by atoms with van der Waals surface area (Å²) >= 11 is 0. The number of pyridine rings is 1. The fraction of sp³-hybridized carbons (Fsp3) is 0.273. The summed E-state index contributed by atoms with van der Waals surface area (Å²) in [5, 5.41) is 17.3. The Labute approximate surface area is 93.5 Å². The topological polar surface area (TPSA) is 80.8 Å². The van der Waals surface area contributed by atoms with Crippen LogP contribution in [0.25, 0.3) is 0 Å². The molecule has 0 N–H and O–H groups in total. The van der Waals surface area contributed by atoms with Crippen molar-refractivity contribution in [3.63, 3.8) is 0 Å². The zero-order valence-corrected chi connectivity index (χ0v) is 8.84. The maximum Gasteiger partial charge on any atom is 0.163 e. The van der Waals surface area contributed by atoms with E-state index in [1.165, 1.54) is 18.0 Å². The molecule has 1 heterocycles. The van der Waals surface area contributed by atoms with Gasteiger partial charge in [0.25, 0.3) is 0 Å². The third-order valence-corrected chi connectivity index (χ3v) is 1.99. The molecule has 16 heavy (non-hydrogen) atoms. The van der Waals surface area contributed by atoms with Crippen LogP contribution in [0.2, 0.25) is 0 Å². The molecule has 80 valence electrons. The monoisotopic (exact) mass is 214 g/mol. The van der Waals surface area contributed by atoms with Crippen molar-refractivity contribution >= 4 is 11.6 Å². The largest absolute Gasteiger partial charge is 0.329 e. The minimum absolute atomic E-state index is 0.0326. The highest BCUT2D eigenvalue weighted by Gasteiger charge is 2.14. The van der Waals surface area contributed by atoms with Gasteiger partial charge in [-0.3, -0.25) is 4.79 Å². The molecule has 5 nitrogen and oxygen atoms in total. The summed E-state index contributed by atoms with van der Waals surface area (Å²) in [6, 6.07) is 7.16. The molecule has 0 aliphatic heterocycles. The van der Waals surface area contributed by atoms with E-state index in [4.69, 9.17) is 10.5 Å². The zero-order valence-electron chi connectivity index (χ0n) is 8.84. The van der Waals surface area contributed by atoms with Gasteiger partial charge in [-0.15, -0.1) is 0 Å². The summed E-state index contributed by atoms with van der Waals surface area (Å²) < 4.78 is 0. The Kier molecular flexibility index (Phi) is 3.99. The number of nitriles is 2. The number of nitrogens with zero attached hydrogens (tertiary/aromatic N) is 4. The summed E-state index contributed by atoms with van der Waals surface area (Å²) in [6.45, 7) is 1.49. The van der Waals surface area contributed by atoms with Crippen molar-refractivity contribution in [2.75, 3.05) is 18.0 Å². The first-order valence-electron chi connectivity index (χ1n) is 4.65. The normalized spacial score (nSPS) is 8.94. The Bertz CT molecular complexity index is 454. The molecule has 0 aliphatic carbocycles. The molecule has 0 atom stereocenters. The molecule has 1 aromatic rings. The molecular formula is C11H10N4O. The molecule has 0 aromatic carbocycles. The second kappa shape index (κ2) is 5.47. The number of hydrogen-bond donors (Lipinski definition) is 0. The van der Waals surface area contributed by atoms with Gasteiger partial charge in [0, 0.05) is 6.20 Å². The van der Waals surface area contributed by atoms with Crippen molar-refractivity contribution in [3.8, 4) is 12.1 Å². The fourth-order valence-corrected chi connectivity index (χ4v) is 1.30. The summed E-state index contributed by atoms with van der Waals surface area (Å²) in [4.78, 5) is 16.9. The molecule has 0 aliphatic rings. The lowest BCUT2D eigenvalue weighted by molar-refractivity contribution is 0.101. The Morgan fingerprint density at radius 3 is 2.56 bits per heavy atom. The molecular weight excluding hydrogens is 204 g/mol. The lowest BCUT2D eigenvalue weighted by Gasteiger charge is -2.18. The van der Waals surface area contributed by atoms with Gasteiger partial charge in [-0.1, -0.05) is 0 Å². The zero-order chi connectivity index (χ0) is 12.0. The van der Waals surface area contributed by atoms with Crippen LogP contribution in [-0.2, 0) is 0 Å². The highest BCUT2D eigenvalue weighted by Crippen LogP contribution is 2.16. The maximum absolute atomic E-state index is 11.3. The number of anilines is 1. The van der Waals surface area contributed by atoms with Gasteiger partial charge in [0.15, 0.2) is 5.78 Å². The summed E-state index contributed by atoms with van der Waals surface area (Å²) in [6.07, 6.45) is 1.53. The van der Waals surface area contributed by atoms with Crippen LogP contribution in [0, 0.1) is 22.7 Å². The number of hydrogen-bond acceptors (Lipinski definition) is 5. The molecule has 0 bridgehead atoms. The minimum Gasteiger partial charge on any atom is -0.329 e. The van der Waals surface area contributed by atoms with E-state index < -0.39 is 0 Å². The third-order valence-electron chi connectivity index (χ3n) is 1.99. The van der Waals surface area contributed by atoms with Gasteiger partial charge in [0.05, 0.1) is 17.7 Å². The van der Waals surface area contributed by atoms with Crippen molar-refractivity contribution in [1.82, 2.24) is 4.98 Å². The number of rotatable bonds is 4. The highest BCUT2D eigenvalue weighted by atomic mass is 16.1. The first-order valence-corrected chi connectivity index (χ1v) is 4.65. The van der Waals surface area contributed by atoms with E-state index in [1.54, 1.807) is 12.1 Å². The van der Waals surface area contributed by atoms with Gasteiger partial charge in [0.1, 0.15) is 18.9 Å². The number of Topliss-reactive ketones (excluding diaryl/α,β-unsaturated/α-hetero) is 1. The van der Waals surface area contributed by atoms with Crippen molar-refractivity contribution in [1.29, 1.82) is 10.5 Å². The van der Waals surface area contributed by atoms with Crippen LogP contribution in [0.1, 0.15) is 17.3 Å². The third kappa shape index (κ3) is 2.55. The second-order valence-corrected chi connectivity index (χ2v) is 3.10. The summed E-state index contributed by atoms with van der Waals surface area (Å²) in [5.41, 5.74) is 0.424. The van der Waals surface area contributed by atoms with Gasteiger partial charge < -0.3 is 4.90 Å². The van der Waals surface area contributed by atoms with E-state index in [0.29, 0.717) is 11.4 Å². The average Bonchev–Trinajstić information content (AvgIpc) is 2.29. The maximum atomic E-state index is 11.3. The molecule has 0 saturated heterocycles.